The van der Waals surface area contributed by atoms with Crippen molar-refractivity contribution in [1.29, 1.82) is 0 Å². The van der Waals surface area contributed by atoms with Crippen molar-refractivity contribution < 1.29 is 57.2 Å². The molecule has 40 heavy (non-hydrogen) atoms. The number of carbonyl (C=O) groups excluding carboxylic acids is 1. The Hall–Kier alpha value is -2.70. The smallest absolute Gasteiger partial charge is 0.870 e. The van der Waals surface area contributed by atoms with E-state index in [0.717, 1.165) is 6.07 Å². The fourth-order valence-corrected chi connectivity index (χ4v) is 5.29. The zero-order valence-electron chi connectivity index (χ0n) is 21.7. The van der Waals surface area contributed by atoms with Crippen molar-refractivity contribution in [2.45, 2.75) is 25.2 Å². The third kappa shape index (κ3) is 6.95. The van der Waals surface area contributed by atoms with Crippen molar-refractivity contribution in [1.82, 2.24) is 0 Å². The maximum atomic E-state index is 13.5. The van der Waals surface area contributed by atoms with Gasteiger partial charge in [0.15, 0.2) is 0 Å². The molecular weight excluding hydrogens is 588 g/mol. The van der Waals surface area contributed by atoms with Crippen LogP contribution in [0.25, 0.3) is 10.8 Å². The van der Waals surface area contributed by atoms with Crippen LogP contribution in [0.4, 0.5) is 17.1 Å². The first-order valence-electron chi connectivity index (χ1n) is 11.7. The number of nitrogens with zero attached hydrogens (tertiary/aromatic N) is 2. The number of hydrogen-bond acceptors (Lipinski definition) is 7. The van der Waals surface area contributed by atoms with Gasteiger partial charge < -0.3 is 15.2 Å². The number of benzene rings is 4. The summed E-state index contributed by atoms with van der Waals surface area (Å²) in [6, 6.07) is 15.5. The molecule has 0 aromatic heterocycles. The minimum Gasteiger partial charge on any atom is -0.870 e. The van der Waals surface area contributed by atoms with Gasteiger partial charge in [0, 0.05) is 33.3 Å². The van der Waals surface area contributed by atoms with E-state index in [1.165, 1.54) is 12.1 Å². The molecule has 0 fully saturated rings. The molecule has 0 aliphatic heterocycles. The van der Waals surface area contributed by atoms with Crippen molar-refractivity contribution in [2.75, 3.05) is 11.9 Å². The fourth-order valence-electron chi connectivity index (χ4n) is 4.00. The Morgan fingerprint density at radius 2 is 1.77 bits per heavy atom. The van der Waals surface area contributed by atoms with Gasteiger partial charge in [-0.15, -0.1) is 0 Å². The first kappa shape index (κ1) is 31.8. The molecule has 0 bridgehead atoms. The van der Waals surface area contributed by atoms with Crippen LogP contribution in [0.2, 0.25) is 10.0 Å². The van der Waals surface area contributed by atoms with E-state index >= 15 is 0 Å². The zero-order chi connectivity index (χ0) is 28.3. The number of anilines is 1. The van der Waals surface area contributed by atoms with Crippen LogP contribution >= 0.6 is 23.2 Å². The Morgan fingerprint density at radius 3 is 2.45 bits per heavy atom. The minimum atomic E-state index is -4.59. The van der Waals surface area contributed by atoms with Crippen molar-refractivity contribution in [3.63, 3.8) is 0 Å². The fraction of sp³-hybridized carbons (Fsp3) is 0.148. The minimum absolute atomic E-state index is 0. The number of ether oxygens (including phenoxy) is 1. The van der Waals surface area contributed by atoms with E-state index in [4.69, 9.17) is 27.9 Å². The number of rotatable bonds is 8. The monoisotopic (exact) mass is 609 g/mol. The summed E-state index contributed by atoms with van der Waals surface area (Å²) in [5.41, 5.74) is 0.286. The quantitative estimate of drug-likeness (QED) is 0.175. The van der Waals surface area contributed by atoms with Gasteiger partial charge >= 0.3 is 29.6 Å². The molecule has 13 heteroatoms. The second kappa shape index (κ2) is 13.3. The Balaban J connectivity index is 0.00000441. The number of halogens is 2. The van der Waals surface area contributed by atoms with E-state index in [1.807, 2.05) is 0 Å². The van der Waals surface area contributed by atoms with Crippen molar-refractivity contribution in [3.05, 3.63) is 81.8 Å². The largest absolute Gasteiger partial charge is 1.00 e. The molecule has 0 heterocycles. The van der Waals surface area contributed by atoms with E-state index in [1.54, 1.807) is 56.3 Å². The number of amides is 1. The first-order valence-corrected chi connectivity index (χ1v) is 13.9. The van der Waals surface area contributed by atoms with Gasteiger partial charge in [-0.25, -0.2) is 0 Å². The molecule has 9 nitrogen and oxygen atoms in total. The second-order valence-electron chi connectivity index (χ2n) is 8.29. The molecule has 4 aromatic carbocycles. The van der Waals surface area contributed by atoms with Gasteiger partial charge in [0.2, 0.25) is 0 Å². The summed E-state index contributed by atoms with van der Waals surface area (Å²) >= 11 is 12.2. The standard InChI is InChI=1S/C27H23Cl2N3O6S.Na/c1-3-18-22(12-16(28)13-24(18)39(35,36)37)31-32-25-19-8-6-5-7-15(19)11-20(26(25)33)27(34)30-17-9-10-21(29)23(14-17)38-4-2;/h5-14,33H,3-4H2,1-2H3,(H,30,34)(H,35,36,37);/q;+1/p-1. The molecule has 0 radical (unpaired) electrons. The van der Waals surface area contributed by atoms with Gasteiger partial charge in [-0.1, -0.05) is 60.1 Å². The summed E-state index contributed by atoms with van der Waals surface area (Å²) in [5.74, 6) is -0.994. The first-order chi connectivity index (χ1) is 18.5. The zero-order valence-corrected chi connectivity index (χ0v) is 26.1. The molecule has 0 saturated heterocycles. The number of nitrogens with one attached hydrogen (secondary N) is 1. The van der Waals surface area contributed by atoms with Gasteiger partial charge in [-0.2, -0.15) is 18.6 Å². The van der Waals surface area contributed by atoms with Crippen LogP contribution in [0.5, 0.6) is 11.5 Å². The van der Waals surface area contributed by atoms with Crippen LogP contribution in [0.3, 0.4) is 0 Å². The molecule has 1 amide bonds. The molecule has 0 spiro atoms. The number of hydrogen-bond donors (Lipinski definition) is 2. The van der Waals surface area contributed by atoms with Crippen molar-refractivity contribution in [3.8, 4) is 11.5 Å². The van der Waals surface area contributed by atoms with E-state index < -0.39 is 26.7 Å². The predicted molar refractivity (Wildman–Crippen MR) is 149 cm³/mol. The molecule has 2 N–H and O–H groups in total. The predicted octanol–water partition coefficient (Wildman–Crippen LogP) is 4.10. The molecule has 0 unspecified atom stereocenters. The van der Waals surface area contributed by atoms with Gasteiger partial charge in [-0.05, 0) is 49.1 Å². The summed E-state index contributed by atoms with van der Waals surface area (Å²) in [5, 5.41) is 25.8. The topological polar surface area (TPSA) is 140 Å². The summed E-state index contributed by atoms with van der Waals surface area (Å²) in [6.07, 6.45) is 0.179. The Morgan fingerprint density at radius 1 is 1.05 bits per heavy atom. The molecule has 0 aliphatic carbocycles. The molecular formula is C27H22Cl2N3NaO6S. The average Bonchev–Trinajstić information content (AvgIpc) is 2.89. The van der Waals surface area contributed by atoms with Crippen LogP contribution in [0.1, 0.15) is 29.8 Å². The molecule has 4 rings (SSSR count). The Kier molecular flexibility index (Phi) is 10.6. The average molecular weight is 610 g/mol. The summed E-state index contributed by atoms with van der Waals surface area (Å²) < 4.78 is 38.9. The summed E-state index contributed by atoms with van der Waals surface area (Å²) in [7, 11) is -4.59. The van der Waals surface area contributed by atoms with Crippen LogP contribution in [-0.4, -0.2) is 25.5 Å². The van der Waals surface area contributed by atoms with E-state index in [-0.39, 0.29) is 63.5 Å². The van der Waals surface area contributed by atoms with E-state index in [0.29, 0.717) is 33.8 Å². The Labute approximate surface area is 263 Å². The SMILES string of the molecule is CCOc1cc(NC(=O)c2cc3ccccc3c(N=Nc3cc(Cl)cc(S(=O)(=O)O)c3CC)c2[O-])ccc1Cl.[Na+]. The number of azo groups is 1. The van der Waals surface area contributed by atoms with Gasteiger partial charge in [0.1, 0.15) is 10.6 Å². The summed E-state index contributed by atoms with van der Waals surface area (Å²) in [4.78, 5) is 12.8. The van der Waals surface area contributed by atoms with Gasteiger partial charge in [-0.3, -0.25) is 9.35 Å². The number of fused-ring (bicyclic) bond motifs is 1. The van der Waals surface area contributed by atoms with Crippen LogP contribution in [-0.2, 0) is 16.5 Å². The van der Waals surface area contributed by atoms with Crippen molar-refractivity contribution in [2.24, 2.45) is 10.2 Å². The normalized spacial score (nSPS) is 11.4. The maximum Gasteiger partial charge on any atom is 1.00 e. The number of carbonyl (C=O) groups is 1. The van der Waals surface area contributed by atoms with Gasteiger partial charge in [0.05, 0.1) is 23.0 Å². The van der Waals surface area contributed by atoms with E-state index in [2.05, 4.69) is 15.5 Å². The molecule has 0 saturated carbocycles. The molecule has 0 aliphatic rings. The molecule has 4 aromatic rings. The summed E-state index contributed by atoms with van der Waals surface area (Å²) in [6.45, 7) is 3.84. The van der Waals surface area contributed by atoms with Crippen molar-refractivity contribution >= 4 is 67.1 Å². The van der Waals surface area contributed by atoms with Gasteiger partial charge in [0.25, 0.3) is 16.0 Å². The van der Waals surface area contributed by atoms with Crippen LogP contribution < -0.4 is 44.7 Å². The Bertz CT molecular complexity index is 1730. The molecule has 202 valence electrons. The van der Waals surface area contributed by atoms with E-state index in [9.17, 15) is 22.9 Å². The van der Waals surface area contributed by atoms with Crippen LogP contribution in [0, 0.1) is 0 Å². The van der Waals surface area contributed by atoms with Crippen LogP contribution in [0.15, 0.2) is 75.8 Å². The second-order valence-corrected chi connectivity index (χ2v) is 10.5. The molecule has 0 atom stereocenters. The maximum absolute atomic E-state index is 13.5. The third-order valence-electron chi connectivity index (χ3n) is 5.75. The third-order valence-corrected chi connectivity index (χ3v) is 7.20.